The van der Waals surface area contributed by atoms with E-state index in [0.29, 0.717) is 32.1 Å². The maximum Gasteiger partial charge on any atom is 0.317 e. The Morgan fingerprint density at radius 2 is 1.18 bits per heavy atom. The van der Waals surface area contributed by atoms with Gasteiger partial charge in [0, 0.05) is 5.41 Å². The van der Waals surface area contributed by atoms with Crippen LogP contribution in [0.4, 0.5) is 0 Å². The van der Waals surface area contributed by atoms with Gasteiger partial charge in [0.05, 0.1) is 56.9 Å². The van der Waals surface area contributed by atoms with Crippen molar-refractivity contribution in [2.24, 2.45) is 50.2 Å². The zero-order valence-electron chi connectivity index (χ0n) is 49.5. The number of esters is 1. The second-order valence-corrected chi connectivity index (χ2v) is 28.3. The summed E-state index contributed by atoms with van der Waals surface area (Å²) in [5.41, 5.74) is -3.99. The molecule has 0 amide bonds. The molecular weight excluding hydrogens is 1130 g/mol. The number of carbonyl (C=O) groups excluding carboxylic acids is 1. The molecule has 488 valence electrons. The molecule has 5 aliphatic heterocycles. The van der Waals surface area contributed by atoms with Gasteiger partial charge in [-0.2, -0.15) is 0 Å². The Balaban J connectivity index is 0.861. The number of ether oxygens (including phenoxy) is 10. The Labute approximate surface area is 493 Å². The second-order valence-electron chi connectivity index (χ2n) is 28.3. The summed E-state index contributed by atoms with van der Waals surface area (Å²) < 4.78 is 59.0. The number of hydrogen-bond acceptors (Lipinski definition) is 27. The molecule has 9 fully saturated rings. The average Bonchev–Trinajstić information content (AvgIpc) is 0.724. The smallest absolute Gasteiger partial charge is 0.317 e. The first-order valence-electron chi connectivity index (χ1n) is 30.2. The summed E-state index contributed by atoms with van der Waals surface area (Å²) >= 11 is 0. The van der Waals surface area contributed by atoms with Gasteiger partial charge in [-0.25, -0.2) is 0 Å². The van der Waals surface area contributed by atoms with Gasteiger partial charge in [-0.05, 0) is 105 Å². The van der Waals surface area contributed by atoms with Crippen LogP contribution in [0.3, 0.4) is 0 Å². The highest BCUT2D eigenvalue weighted by molar-refractivity contribution is 5.80. The molecule has 16 N–H and O–H groups in total. The van der Waals surface area contributed by atoms with Gasteiger partial charge in [-0.1, -0.05) is 53.2 Å². The molecule has 0 bridgehead atoms. The average molecular weight is 1220 g/mol. The van der Waals surface area contributed by atoms with Crippen LogP contribution in [0.2, 0.25) is 0 Å². The highest BCUT2D eigenvalue weighted by Gasteiger charge is 2.73. The minimum Gasteiger partial charge on any atom is -0.432 e. The van der Waals surface area contributed by atoms with Crippen molar-refractivity contribution >= 4 is 5.97 Å². The first kappa shape index (κ1) is 66.1. The van der Waals surface area contributed by atoms with Gasteiger partial charge < -0.3 is 129 Å². The standard InChI is InChI=1S/C58H94O27/c1-22-33(64)39(70)45(83-48-41(72)37(68)29(20-77-48)81-50-43(74)44(34(65)23(2)78-50)82-47-40(71)35(66)27(62)19-76-47)51(79-22)85-52(75)58-14-13-53(3,4)15-25(58)24-9-10-31-54(5)16-26(61)46(84-49-42(73)38(69)36(67)28(18-59)80-49)55(6,21-60)30(54)11-12-56(31,7)57(24,8)17-32(58)63/h9,22-23,25-51,59-74H,10-21H2,1-8H3/t22-,23-,25?,26-,27+,28+,29+,30?,31?,32+,33-,34-,35+,36+,37-,38-,39+,40-,41+,42+,43-,44+,45-,46-,47-,48-,49-,50-,51-,54-,55-,56+,57+,58+/m0/s1. The van der Waals surface area contributed by atoms with E-state index in [9.17, 15) is 81.7 Å². The van der Waals surface area contributed by atoms with Gasteiger partial charge in [0.15, 0.2) is 31.3 Å². The molecule has 0 spiro atoms. The fourth-order valence-corrected chi connectivity index (χ4v) is 17.5. The third-order valence-electron chi connectivity index (χ3n) is 22.8. The summed E-state index contributed by atoms with van der Waals surface area (Å²) in [4.78, 5) is 15.5. The van der Waals surface area contributed by atoms with Gasteiger partial charge in [0.1, 0.15) is 97.0 Å². The molecule has 5 heterocycles. The Morgan fingerprint density at radius 3 is 1.85 bits per heavy atom. The van der Waals surface area contributed by atoms with Crippen LogP contribution >= 0.6 is 0 Å². The molecule has 0 aromatic rings. The van der Waals surface area contributed by atoms with Crippen molar-refractivity contribution in [2.75, 3.05) is 26.4 Å². The van der Waals surface area contributed by atoms with Gasteiger partial charge >= 0.3 is 5.97 Å². The Hall–Kier alpha value is -1.79. The summed E-state index contributed by atoms with van der Waals surface area (Å²) in [5.74, 6) is -1.85. The van der Waals surface area contributed by atoms with E-state index in [4.69, 9.17) is 47.4 Å². The van der Waals surface area contributed by atoms with Crippen molar-refractivity contribution in [2.45, 2.75) is 266 Å². The van der Waals surface area contributed by atoms with Crippen molar-refractivity contribution in [1.82, 2.24) is 0 Å². The normalized spacial score (nSPS) is 56.1. The first-order valence-corrected chi connectivity index (χ1v) is 30.2. The number of carbonyl (C=O) groups is 1. The summed E-state index contributed by atoms with van der Waals surface area (Å²) in [5, 5.41) is 177. The predicted molar refractivity (Wildman–Crippen MR) is 285 cm³/mol. The summed E-state index contributed by atoms with van der Waals surface area (Å²) in [7, 11) is 0. The lowest BCUT2D eigenvalue weighted by Crippen LogP contribution is -2.70. The lowest BCUT2D eigenvalue weighted by molar-refractivity contribution is -0.374. The van der Waals surface area contributed by atoms with Crippen LogP contribution in [0.1, 0.15) is 107 Å². The van der Waals surface area contributed by atoms with Gasteiger partial charge in [0.2, 0.25) is 6.29 Å². The zero-order chi connectivity index (χ0) is 62.2. The van der Waals surface area contributed by atoms with E-state index in [0.717, 1.165) is 5.57 Å². The zero-order valence-corrected chi connectivity index (χ0v) is 49.5. The number of rotatable bonds is 12. The van der Waals surface area contributed by atoms with Gasteiger partial charge in [-0.15, -0.1) is 0 Å². The monoisotopic (exact) mass is 1220 g/mol. The number of aliphatic hydroxyl groups excluding tert-OH is 16. The van der Waals surface area contributed by atoms with Crippen molar-refractivity contribution in [1.29, 1.82) is 0 Å². The predicted octanol–water partition coefficient (Wildman–Crippen LogP) is -3.96. The van der Waals surface area contributed by atoms with E-state index >= 15 is 4.79 Å². The van der Waals surface area contributed by atoms with Gasteiger partial charge in [0.25, 0.3) is 0 Å². The van der Waals surface area contributed by atoms with E-state index in [2.05, 4.69) is 40.7 Å². The largest absolute Gasteiger partial charge is 0.432 e. The third-order valence-corrected chi connectivity index (χ3v) is 22.8. The fraction of sp³-hybridized carbons (Fsp3) is 0.948. The Bertz CT molecular complexity index is 2390. The highest BCUT2D eigenvalue weighted by atomic mass is 16.8. The van der Waals surface area contributed by atoms with E-state index in [1.165, 1.54) is 13.8 Å². The van der Waals surface area contributed by atoms with E-state index in [1.807, 2.05) is 6.92 Å². The van der Waals surface area contributed by atoms with Crippen molar-refractivity contribution in [3.63, 3.8) is 0 Å². The van der Waals surface area contributed by atoms with E-state index < -0.39 is 225 Å². The lowest BCUT2D eigenvalue weighted by Gasteiger charge is -2.72. The fourth-order valence-electron chi connectivity index (χ4n) is 17.5. The van der Waals surface area contributed by atoms with E-state index in [1.54, 1.807) is 0 Å². The van der Waals surface area contributed by atoms with Crippen molar-refractivity contribution in [3.8, 4) is 0 Å². The quantitative estimate of drug-likeness (QED) is 0.0504. The lowest BCUT2D eigenvalue weighted by atomic mass is 9.33. The van der Waals surface area contributed by atoms with E-state index in [-0.39, 0.29) is 36.5 Å². The Morgan fingerprint density at radius 1 is 0.565 bits per heavy atom. The number of aliphatic hydroxyl groups is 16. The van der Waals surface area contributed by atoms with Crippen LogP contribution in [0, 0.1) is 50.2 Å². The van der Waals surface area contributed by atoms with Crippen molar-refractivity contribution in [3.05, 3.63) is 11.6 Å². The minimum absolute atomic E-state index is 0.122. The third kappa shape index (κ3) is 10.8. The molecule has 0 radical (unpaired) electrons. The molecule has 0 aromatic heterocycles. The van der Waals surface area contributed by atoms with Gasteiger partial charge in [-0.3, -0.25) is 4.79 Å². The van der Waals surface area contributed by atoms with Crippen molar-refractivity contribution < 1.29 is 134 Å². The molecule has 85 heavy (non-hydrogen) atoms. The maximum atomic E-state index is 15.5. The number of fused-ring (bicyclic) bond motifs is 7. The van der Waals surface area contributed by atoms with Crippen LogP contribution < -0.4 is 0 Å². The Kier molecular flexibility index (Phi) is 18.7. The number of allylic oxidation sites excluding steroid dienone is 2. The van der Waals surface area contributed by atoms with Crippen LogP contribution in [0.15, 0.2) is 11.6 Å². The van der Waals surface area contributed by atoms with Crippen LogP contribution in [-0.2, 0) is 52.2 Å². The molecule has 5 saturated heterocycles. The van der Waals surface area contributed by atoms with Crippen LogP contribution in [-0.4, -0.2) is 274 Å². The van der Waals surface area contributed by atoms with Crippen LogP contribution in [0.5, 0.6) is 0 Å². The molecule has 5 aliphatic carbocycles. The highest BCUT2D eigenvalue weighted by Crippen LogP contribution is 2.76. The molecule has 0 aromatic carbocycles. The first-order chi connectivity index (χ1) is 39.7. The maximum absolute atomic E-state index is 15.5. The molecule has 27 nitrogen and oxygen atoms in total. The molecule has 4 saturated carbocycles. The minimum atomic E-state index is -1.98. The summed E-state index contributed by atoms with van der Waals surface area (Å²) in [6, 6.07) is 0. The molecule has 10 aliphatic rings. The molecule has 34 atom stereocenters. The molecular formula is C58H94O27. The molecule has 27 heteroatoms. The molecule has 10 rings (SSSR count). The summed E-state index contributed by atoms with van der Waals surface area (Å²) in [6.07, 6.45) is -35.5. The summed E-state index contributed by atoms with van der Waals surface area (Å²) in [6.45, 7) is 13.3. The number of hydrogen-bond donors (Lipinski definition) is 16. The SMILES string of the molecule is C[C@@H]1O[C@@H](OC(=O)[C@]23CCC(C)(C)CC2C2=CCC4[C@@]5(C)C[C@H](O)[C@H](O[C@@H]6O[C@H](CO)[C@@H](O)[C@H](O)[C@H]6O)[C@@](C)(CO)C5CC[C@@]4(C)[C@]2(C)C[C@H]3O)[C@@H](O[C@@H]2OC[C@@H](O[C@@H]3O[C@@H](C)[C@H](O)[C@@H](O[C@@H]4OC[C@@H](O)[C@@H](O)[C@@H]4O)[C@@H]3O)[C@H](O)[C@H]2O)[C@H](O)[C@H]1O. The van der Waals surface area contributed by atoms with Crippen LogP contribution in [0.25, 0.3) is 0 Å². The topological polar surface area (TPSA) is 433 Å². The molecule has 3 unspecified atom stereocenters. The second kappa shape index (κ2) is 24.0.